The molecule has 1 saturated heterocycles. The summed E-state index contributed by atoms with van der Waals surface area (Å²) in [5.41, 5.74) is 0. The van der Waals surface area contributed by atoms with E-state index in [0.29, 0.717) is 36.8 Å². The van der Waals surface area contributed by atoms with Crippen LogP contribution in [0.4, 0.5) is 4.79 Å². The largest absolute Gasteiger partial charge is 0.478 e. The quantitative estimate of drug-likeness (QED) is 0.620. The molecule has 0 bridgehead atoms. The number of nitrogens with zero attached hydrogens (tertiary/aromatic N) is 2. The number of pyridine rings is 1. The van der Waals surface area contributed by atoms with Gasteiger partial charge in [-0.15, -0.1) is 0 Å². The van der Waals surface area contributed by atoms with Crippen molar-refractivity contribution in [3.05, 3.63) is 18.3 Å². The van der Waals surface area contributed by atoms with E-state index in [2.05, 4.69) is 4.98 Å². The number of amides is 1. The number of aromatic nitrogens is 1. The zero-order valence-electron chi connectivity index (χ0n) is 17.7. The Morgan fingerprint density at radius 3 is 2.57 bits per heavy atom. The van der Waals surface area contributed by atoms with Crippen molar-refractivity contribution in [2.24, 2.45) is 23.7 Å². The Morgan fingerprint density at radius 1 is 1.20 bits per heavy atom. The van der Waals surface area contributed by atoms with Crippen molar-refractivity contribution in [1.29, 1.82) is 0 Å². The van der Waals surface area contributed by atoms with Gasteiger partial charge in [-0.25, -0.2) is 18.2 Å². The van der Waals surface area contributed by atoms with Crippen LogP contribution < -0.4 is 4.74 Å². The van der Waals surface area contributed by atoms with Gasteiger partial charge in [-0.2, -0.15) is 0 Å². The maximum Gasteiger partial charge on any atom is 0.409 e. The van der Waals surface area contributed by atoms with Gasteiger partial charge >= 0.3 is 6.09 Å². The highest BCUT2D eigenvalue weighted by molar-refractivity contribution is 7.90. The second-order valence-corrected chi connectivity index (χ2v) is 11.1. The van der Waals surface area contributed by atoms with E-state index >= 15 is 0 Å². The van der Waals surface area contributed by atoms with E-state index in [1.54, 1.807) is 6.07 Å². The molecular formula is C22H32N2O5S. The smallest absolute Gasteiger partial charge is 0.409 e. The standard InChI is InChI=1S/C22H32N2O5S/c1-30(26,27)19-5-6-21(23-14-19)28-12-9-18-13-20(18)17-7-10-24(11-8-17)22(25)29-15-16-3-2-4-16/h5-6,14,16-18,20H,2-4,7-13,15H2,1H3. The minimum Gasteiger partial charge on any atom is -0.478 e. The Labute approximate surface area is 179 Å². The van der Waals surface area contributed by atoms with Crippen LogP contribution in [0.3, 0.4) is 0 Å². The van der Waals surface area contributed by atoms with Gasteiger partial charge in [-0.05, 0) is 68.3 Å². The van der Waals surface area contributed by atoms with Gasteiger partial charge in [0.15, 0.2) is 9.84 Å². The average molecular weight is 437 g/mol. The Morgan fingerprint density at radius 2 is 1.97 bits per heavy atom. The number of rotatable bonds is 8. The monoisotopic (exact) mass is 436 g/mol. The van der Waals surface area contributed by atoms with Crippen LogP contribution in [0.25, 0.3) is 0 Å². The first-order chi connectivity index (χ1) is 14.4. The van der Waals surface area contributed by atoms with E-state index in [1.807, 2.05) is 4.90 Å². The summed E-state index contributed by atoms with van der Waals surface area (Å²) in [6.45, 7) is 2.81. The lowest BCUT2D eigenvalue weighted by Crippen LogP contribution is -2.40. The Kier molecular flexibility index (Phi) is 6.51. The SMILES string of the molecule is CS(=O)(=O)c1ccc(OCCC2CC2C2CCN(C(=O)OCC3CCC3)CC2)nc1. The predicted octanol–water partition coefficient (Wildman–Crippen LogP) is 3.54. The molecule has 2 heterocycles. The second-order valence-electron chi connectivity index (χ2n) is 9.10. The first-order valence-corrected chi connectivity index (χ1v) is 13.0. The molecule has 166 valence electrons. The zero-order chi connectivity index (χ0) is 21.1. The fourth-order valence-corrected chi connectivity index (χ4v) is 5.18. The van der Waals surface area contributed by atoms with Crippen molar-refractivity contribution in [2.75, 3.05) is 32.6 Å². The van der Waals surface area contributed by atoms with Crippen molar-refractivity contribution in [3.8, 4) is 5.88 Å². The number of sulfone groups is 1. The topological polar surface area (TPSA) is 85.8 Å². The molecule has 1 aliphatic heterocycles. The molecule has 0 radical (unpaired) electrons. The van der Waals surface area contributed by atoms with Crippen LogP contribution in [0, 0.1) is 23.7 Å². The van der Waals surface area contributed by atoms with Crippen LogP contribution in [0.1, 0.15) is 44.9 Å². The second kappa shape index (κ2) is 9.12. The third-order valence-corrected chi connectivity index (χ3v) is 8.02. The van der Waals surface area contributed by atoms with Gasteiger partial charge in [0.05, 0.1) is 18.1 Å². The van der Waals surface area contributed by atoms with Crippen molar-refractivity contribution < 1.29 is 22.7 Å². The molecule has 1 aromatic heterocycles. The first kappa shape index (κ1) is 21.4. The summed E-state index contributed by atoms with van der Waals surface area (Å²) in [4.78, 5) is 18.4. The maximum atomic E-state index is 12.2. The highest BCUT2D eigenvalue weighted by atomic mass is 32.2. The third-order valence-electron chi connectivity index (χ3n) is 6.92. The summed E-state index contributed by atoms with van der Waals surface area (Å²) in [7, 11) is -3.23. The summed E-state index contributed by atoms with van der Waals surface area (Å²) >= 11 is 0. The molecule has 1 amide bonds. The molecule has 2 unspecified atom stereocenters. The van der Waals surface area contributed by atoms with Gasteiger partial charge in [-0.1, -0.05) is 6.42 Å². The summed E-state index contributed by atoms with van der Waals surface area (Å²) in [5.74, 6) is 3.17. The van der Waals surface area contributed by atoms with Crippen molar-refractivity contribution in [3.63, 3.8) is 0 Å². The number of carbonyl (C=O) groups excluding carboxylic acids is 1. The zero-order valence-corrected chi connectivity index (χ0v) is 18.5. The summed E-state index contributed by atoms with van der Waals surface area (Å²) in [5, 5.41) is 0. The van der Waals surface area contributed by atoms with E-state index in [1.165, 1.54) is 44.2 Å². The van der Waals surface area contributed by atoms with Gasteiger partial charge in [0.25, 0.3) is 0 Å². The maximum absolute atomic E-state index is 12.2. The van der Waals surface area contributed by atoms with Crippen LogP contribution in [-0.4, -0.2) is 57.0 Å². The fraction of sp³-hybridized carbons (Fsp3) is 0.727. The molecule has 2 saturated carbocycles. The molecule has 8 heteroatoms. The minimum atomic E-state index is -3.23. The molecule has 7 nitrogen and oxygen atoms in total. The molecule has 1 aromatic rings. The molecule has 30 heavy (non-hydrogen) atoms. The summed E-state index contributed by atoms with van der Waals surface area (Å²) in [6, 6.07) is 3.14. The molecule has 0 aromatic carbocycles. The first-order valence-electron chi connectivity index (χ1n) is 11.1. The number of likely N-dealkylation sites (tertiary alicyclic amines) is 1. The van der Waals surface area contributed by atoms with E-state index in [9.17, 15) is 13.2 Å². The molecule has 2 aliphatic carbocycles. The van der Waals surface area contributed by atoms with E-state index < -0.39 is 9.84 Å². The molecular weight excluding hydrogens is 404 g/mol. The lowest BCUT2D eigenvalue weighted by molar-refractivity contribution is 0.0602. The van der Waals surface area contributed by atoms with Gasteiger partial charge in [-0.3, -0.25) is 0 Å². The lowest BCUT2D eigenvalue weighted by Gasteiger charge is -2.33. The summed E-state index contributed by atoms with van der Waals surface area (Å²) in [6.07, 6.45) is 10.4. The number of hydrogen-bond donors (Lipinski definition) is 0. The van der Waals surface area contributed by atoms with Gasteiger partial charge < -0.3 is 14.4 Å². The van der Waals surface area contributed by atoms with Crippen molar-refractivity contribution in [1.82, 2.24) is 9.88 Å². The predicted molar refractivity (Wildman–Crippen MR) is 112 cm³/mol. The number of hydrogen-bond acceptors (Lipinski definition) is 6. The Hall–Kier alpha value is -1.83. The Bertz CT molecular complexity index is 830. The minimum absolute atomic E-state index is 0.129. The molecule has 3 fully saturated rings. The molecule has 0 spiro atoms. The summed E-state index contributed by atoms with van der Waals surface area (Å²) < 4.78 is 34.1. The molecule has 0 N–H and O–H groups in total. The third kappa shape index (κ3) is 5.45. The fourth-order valence-electron chi connectivity index (χ4n) is 4.62. The number of piperidine rings is 1. The Balaban J connectivity index is 1.11. The molecule has 2 atom stereocenters. The van der Waals surface area contributed by atoms with Gasteiger partial charge in [0.1, 0.15) is 0 Å². The normalized spacial score (nSPS) is 24.9. The van der Waals surface area contributed by atoms with Gasteiger partial charge in [0.2, 0.25) is 5.88 Å². The lowest BCUT2D eigenvalue weighted by atomic mass is 9.86. The van der Waals surface area contributed by atoms with Crippen molar-refractivity contribution in [2.45, 2.75) is 49.8 Å². The molecule has 4 rings (SSSR count). The van der Waals surface area contributed by atoms with Gasteiger partial charge in [0, 0.05) is 31.6 Å². The van der Waals surface area contributed by atoms with E-state index in [0.717, 1.165) is 38.3 Å². The highest BCUT2D eigenvalue weighted by Crippen LogP contribution is 2.49. The van der Waals surface area contributed by atoms with E-state index in [4.69, 9.17) is 9.47 Å². The molecule has 3 aliphatic rings. The van der Waals surface area contributed by atoms with Crippen LogP contribution in [0.5, 0.6) is 5.88 Å². The van der Waals surface area contributed by atoms with Crippen LogP contribution in [-0.2, 0) is 14.6 Å². The number of carbonyl (C=O) groups is 1. The van der Waals surface area contributed by atoms with Crippen LogP contribution >= 0.6 is 0 Å². The van der Waals surface area contributed by atoms with Crippen molar-refractivity contribution >= 4 is 15.9 Å². The average Bonchev–Trinajstić information content (AvgIpc) is 3.46. The highest BCUT2D eigenvalue weighted by Gasteiger charge is 2.43. The number of ether oxygens (including phenoxy) is 2. The van der Waals surface area contributed by atoms with Crippen LogP contribution in [0.2, 0.25) is 0 Å². The van der Waals surface area contributed by atoms with Crippen LogP contribution in [0.15, 0.2) is 23.2 Å². The van der Waals surface area contributed by atoms with E-state index in [-0.39, 0.29) is 11.0 Å².